The summed E-state index contributed by atoms with van der Waals surface area (Å²) in [6.45, 7) is 3.34. The van der Waals surface area contributed by atoms with Crippen LogP contribution in [0.2, 0.25) is 0 Å². The summed E-state index contributed by atoms with van der Waals surface area (Å²) in [5.74, 6) is -0.244. The third-order valence-corrected chi connectivity index (χ3v) is 3.18. The monoisotopic (exact) mass is 220 g/mol. The highest BCUT2D eigenvalue weighted by atomic mass is 16.1. The van der Waals surface area contributed by atoms with E-state index in [1.54, 1.807) is 12.4 Å². The summed E-state index contributed by atoms with van der Waals surface area (Å²) in [5.41, 5.74) is 12.2. The predicted octanol–water partition coefficient (Wildman–Crippen LogP) is 0.365. The van der Waals surface area contributed by atoms with Gasteiger partial charge >= 0.3 is 0 Å². The molecule has 0 spiro atoms. The average molecular weight is 220 g/mol. The number of carbonyl (C=O) groups excluding carboxylic acids is 1. The van der Waals surface area contributed by atoms with E-state index in [4.69, 9.17) is 11.5 Å². The Labute approximate surface area is 94.4 Å². The van der Waals surface area contributed by atoms with Crippen LogP contribution in [0.15, 0.2) is 18.5 Å². The lowest BCUT2D eigenvalue weighted by Crippen LogP contribution is -2.37. The zero-order valence-electron chi connectivity index (χ0n) is 9.31. The molecular formula is C11H16N4O. The van der Waals surface area contributed by atoms with Crippen LogP contribution in [0.5, 0.6) is 0 Å². The highest BCUT2D eigenvalue weighted by Crippen LogP contribution is 2.32. The number of hydrogen-bond acceptors (Lipinski definition) is 4. The Morgan fingerprint density at radius 2 is 2.31 bits per heavy atom. The fourth-order valence-corrected chi connectivity index (χ4v) is 2.00. The van der Waals surface area contributed by atoms with Gasteiger partial charge in [-0.3, -0.25) is 9.78 Å². The number of anilines is 2. The van der Waals surface area contributed by atoms with E-state index < -0.39 is 5.41 Å². The molecule has 1 atom stereocenters. The lowest BCUT2D eigenvalue weighted by atomic mass is 9.89. The van der Waals surface area contributed by atoms with Crippen LogP contribution in [0.3, 0.4) is 0 Å². The van der Waals surface area contributed by atoms with Crippen LogP contribution in [0, 0.1) is 5.41 Å². The van der Waals surface area contributed by atoms with Crippen LogP contribution >= 0.6 is 0 Å². The summed E-state index contributed by atoms with van der Waals surface area (Å²) in [6, 6.07) is 1.86. The van der Waals surface area contributed by atoms with Crippen molar-refractivity contribution in [1.82, 2.24) is 4.98 Å². The summed E-state index contributed by atoms with van der Waals surface area (Å²) >= 11 is 0. The minimum atomic E-state index is -0.440. The van der Waals surface area contributed by atoms with Crippen LogP contribution < -0.4 is 16.4 Å². The van der Waals surface area contributed by atoms with Gasteiger partial charge in [0.15, 0.2) is 0 Å². The SMILES string of the molecule is CC1(C(N)=O)CCN(c2cncc(N)c2)C1. The highest BCUT2D eigenvalue weighted by Gasteiger charge is 2.38. The molecule has 0 saturated carbocycles. The lowest BCUT2D eigenvalue weighted by molar-refractivity contribution is -0.125. The molecule has 86 valence electrons. The predicted molar refractivity (Wildman–Crippen MR) is 62.8 cm³/mol. The maximum Gasteiger partial charge on any atom is 0.225 e. The first-order valence-electron chi connectivity index (χ1n) is 5.27. The number of pyridine rings is 1. The summed E-state index contributed by atoms with van der Waals surface area (Å²) in [4.78, 5) is 17.5. The van der Waals surface area contributed by atoms with Crippen molar-refractivity contribution in [1.29, 1.82) is 0 Å². The van der Waals surface area contributed by atoms with E-state index in [9.17, 15) is 4.79 Å². The first kappa shape index (κ1) is 10.7. The quantitative estimate of drug-likeness (QED) is 0.753. The molecule has 0 aromatic carbocycles. The van der Waals surface area contributed by atoms with Gasteiger partial charge in [0.1, 0.15) is 0 Å². The molecule has 1 saturated heterocycles. The Morgan fingerprint density at radius 1 is 1.56 bits per heavy atom. The van der Waals surface area contributed by atoms with Crippen LogP contribution in [-0.2, 0) is 4.79 Å². The molecule has 0 radical (unpaired) electrons. The normalized spacial score (nSPS) is 24.7. The van der Waals surface area contributed by atoms with Gasteiger partial charge in [0.2, 0.25) is 5.91 Å². The zero-order chi connectivity index (χ0) is 11.8. The second kappa shape index (κ2) is 3.66. The van der Waals surface area contributed by atoms with Crippen LogP contribution in [-0.4, -0.2) is 24.0 Å². The number of rotatable bonds is 2. The molecule has 1 aromatic heterocycles. The van der Waals surface area contributed by atoms with Gasteiger partial charge in [-0.25, -0.2) is 0 Å². The molecule has 2 rings (SSSR count). The average Bonchev–Trinajstić information content (AvgIpc) is 2.62. The lowest BCUT2D eigenvalue weighted by Gasteiger charge is -2.22. The number of nitrogens with two attached hydrogens (primary N) is 2. The number of amides is 1. The second-order valence-electron chi connectivity index (χ2n) is 4.57. The molecule has 0 bridgehead atoms. The van der Waals surface area contributed by atoms with E-state index in [1.165, 1.54) is 0 Å². The number of carbonyl (C=O) groups is 1. The maximum atomic E-state index is 11.3. The van der Waals surface area contributed by atoms with Crippen molar-refractivity contribution < 1.29 is 4.79 Å². The first-order chi connectivity index (χ1) is 7.51. The Bertz CT molecular complexity index is 420. The number of primary amides is 1. The van der Waals surface area contributed by atoms with Crippen molar-refractivity contribution in [3.05, 3.63) is 18.5 Å². The van der Waals surface area contributed by atoms with E-state index in [2.05, 4.69) is 9.88 Å². The molecule has 1 amide bonds. The van der Waals surface area contributed by atoms with Gasteiger partial charge in [0.05, 0.1) is 23.0 Å². The molecular weight excluding hydrogens is 204 g/mol. The maximum absolute atomic E-state index is 11.3. The largest absolute Gasteiger partial charge is 0.397 e. The first-order valence-corrected chi connectivity index (χ1v) is 5.27. The highest BCUT2D eigenvalue weighted by molar-refractivity contribution is 5.82. The topological polar surface area (TPSA) is 85.2 Å². The number of hydrogen-bond donors (Lipinski definition) is 2. The minimum absolute atomic E-state index is 0.244. The van der Waals surface area contributed by atoms with Crippen molar-refractivity contribution in [3.8, 4) is 0 Å². The molecule has 1 fully saturated rings. The van der Waals surface area contributed by atoms with Crippen LogP contribution in [0.1, 0.15) is 13.3 Å². The smallest absolute Gasteiger partial charge is 0.225 e. The number of nitrogens with zero attached hydrogens (tertiary/aromatic N) is 2. The fraction of sp³-hybridized carbons (Fsp3) is 0.455. The standard InChI is InChI=1S/C11H16N4O/c1-11(10(13)16)2-3-15(7-11)9-4-8(12)5-14-6-9/h4-6H,2-3,7,12H2,1H3,(H2,13,16). The molecule has 1 aliphatic rings. The summed E-state index contributed by atoms with van der Waals surface area (Å²) in [5, 5.41) is 0. The van der Waals surface area contributed by atoms with Crippen molar-refractivity contribution in [3.63, 3.8) is 0 Å². The van der Waals surface area contributed by atoms with Gasteiger partial charge in [-0.1, -0.05) is 0 Å². The molecule has 1 unspecified atom stereocenters. The zero-order valence-corrected chi connectivity index (χ0v) is 9.31. The Kier molecular flexibility index (Phi) is 2.46. The van der Waals surface area contributed by atoms with E-state index in [0.29, 0.717) is 12.2 Å². The minimum Gasteiger partial charge on any atom is -0.397 e. The van der Waals surface area contributed by atoms with Crippen molar-refractivity contribution in [2.45, 2.75) is 13.3 Å². The van der Waals surface area contributed by atoms with Crippen LogP contribution in [0.4, 0.5) is 11.4 Å². The third kappa shape index (κ3) is 1.80. The van der Waals surface area contributed by atoms with E-state index >= 15 is 0 Å². The molecule has 0 aliphatic carbocycles. The Hall–Kier alpha value is -1.78. The summed E-state index contributed by atoms with van der Waals surface area (Å²) in [6.07, 6.45) is 4.13. The van der Waals surface area contributed by atoms with Crippen molar-refractivity contribution >= 4 is 17.3 Å². The molecule has 16 heavy (non-hydrogen) atoms. The third-order valence-electron chi connectivity index (χ3n) is 3.18. The molecule has 2 heterocycles. The Morgan fingerprint density at radius 3 is 2.88 bits per heavy atom. The molecule has 5 heteroatoms. The van der Waals surface area contributed by atoms with Crippen molar-refractivity contribution in [2.75, 3.05) is 23.7 Å². The van der Waals surface area contributed by atoms with Gasteiger partial charge < -0.3 is 16.4 Å². The molecule has 1 aliphatic heterocycles. The van der Waals surface area contributed by atoms with Gasteiger partial charge in [-0.05, 0) is 19.4 Å². The van der Waals surface area contributed by atoms with E-state index in [0.717, 1.165) is 18.7 Å². The molecule has 4 N–H and O–H groups in total. The second-order valence-corrected chi connectivity index (χ2v) is 4.57. The fourth-order valence-electron chi connectivity index (χ4n) is 2.00. The van der Waals surface area contributed by atoms with Gasteiger partial charge in [-0.15, -0.1) is 0 Å². The van der Waals surface area contributed by atoms with Gasteiger partial charge in [0.25, 0.3) is 0 Å². The van der Waals surface area contributed by atoms with E-state index in [1.807, 2.05) is 13.0 Å². The van der Waals surface area contributed by atoms with Gasteiger partial charge in [0, 0.05) is 19.3 Å². The number of aromatic nitrogens is 1. The summed E-state index contributed by atoms with van der Waals surface area (Å²) < 4.78 is 0. The molecule has 1 aromatic rings. The molecule has 5 nitrogen and oxygen atoms in total. The van der Waals surface area contributed by atoms with Crippen LogP contribution in [0.25, 0.3) is 0 Å². The Balaban J connectivity index is 2.18. The summed E-state index contributed by atoms with van der Waals surface area (Å²) in [7, 11) is 0. The number of nitrogen functional groups attached to an aromatic ring is 1. The van der Waals surface area contributed by atoms with E-state index in [-0.39, 0.29) is 5.91 Å². The van der Waals surface area contributed by atoms with Gasteiger partial charge in [-0.2, -0.15) is 0 Å². The van der Waals surface area contributed by atoms with Crippen molar-refractivity contribution in [2.24, 2.45) is 11.1 Å².